The molecule has 1 aromatic carbocycles. The lowest BCUT2D eigenvalue weighted by atomic mass is 10.1. The molecular weight excluding hydrogens is 240 g/mol. The number of benzene rings is 1. The molecule has 0 aromatic heterocycles. The van der Waals surface area contributed by atoms with Gasteiger partial charge in [-0.3, -0.25) is 4.79 Å². The Kier molecular flexibility index (Phi) is 5.25. The third kappa shape index (κ3) is 3.91. The van der Waals surface area contributed by atoms with E-state index in [1.807, 2.05) is 0 Å². The Morgan fingerprint density at radius 2 is 2.24 bits per heavy atom. The van der Waals surface area contributed by atoms with E-state index in [1.165, 1.54) is 0 Å². The zero-order valence-corrected chi connectivity index (χ0v) is 10.3. The largest absolute Gasteiger partial charge is 0.506 e. The fourth-order valence-corrected chi connectivity index (χ4v) is 1.94. The number of carbonyl (C=O) groups is 1. The number of hydrogen-bond donors (Lipinski definition) is 3. The van der Waals surface area contributed by atoms with E-state index in [0.29, 0.717) is 12.1 Å². The van der Waals surface area contributed by atoms with Crippen molar-refractivity contribution in [3.63, 3.8) is 0 Å². The standard InChI is InChI=1S/C12H16N2O2.ClH/c15-11-6-2-1-5-10(11)14-12(16)8-9-4-3-7-13-9;/h1-2,5-6,9,13,15H,3-4,7-8H2,(H,14,16);1H. The maximum Gasteiger partial charge on any atom is 0.226 e. The number of nitrogens with one attached hydrogen (secondary N) is 2. The molecule has 1 aromatic rings. The van der Waals surface area contributed by atoms with Crippen LogP contribution in [0.1, 0.15) is 19.3 Å². The van der Waals surface area contributed by atoms with Gasteiger partial charge >= 0.3 is 0 Å². The molecule has 0 radical (unpaired) electrons. The molecule has 1 amide bonds. The van der Waals surface area contributed by atoms with E-state index in [9.17, 15) is 9.90 Å². The first kappa shape index (κ1) is 13.8. The fraction of sp³-hybridized carbons (Fsp3) is 0.417. The first-order valence-electron chi connectivity index (χ1n) is 5.57. The number of phenolic OH excluding ortho intramolecular Hbond substituents is 1. The summed E-state index contributed by atoms with van der Waals surface area (Å²) < 4.78 is 0. The first-order chi connectivity index (χ1) is 7.75. The number of phenols is 1. The van der Waals surface area contributed by atoms with Crippen LogP contribution in [0.15, 0.2) is 24.3 Å². The van der Waals surface area contributed by atoms with Gasteiger partial charge in [0, 0.05) is 12.5 Å². The molecule has 1 aliphatic heterocycles. The third-order valence-electron chi connectivity index (χ3n) is 2.77. The molecule has 1 unspecified atom stereocenters. The Hall–Kier alpha value is -1.26. The minimum absolute atomic E-state index is 0. The summed E-state index contributed by atoms with van der Waals surface area (Å²) in [7, 11) is 0. The van der Waals surface area contributed by atoms with Gasteiger partial charge in [-0.15, -0.1) is 12.4 Å². The molecular formula is C12H17ClN2O2. The smallest absolute Gasteiger partial charge is 0.226 e. The van der Waals surface area contributed by atoms with Crippen molar-refractivity contribution in [1.82, 2.24) is 5.32 Å². The van der Waals surface area contributed by atoms with E-state index in [0.717, 1.165) is 19.4 Å². The van der Waals surface area contributed by atoms with Crippen LogP contribution in [0.5, 0.6) is 5.75 Å². The van der Waals surface area contributed by atoms with Gasteiger partial charge in [0.1, 0.15) is 5.75 Å². The lowest BCUT2D eigenvalue weighted by molar-refractivity contribution is -0.116. The van der Waals surface area contributed by atoms with Crippen LogP contribution in [0.25, 0.3) is 0 Å². The van der Waals surface area contributed by atoms with Crippen molar-refractivity contribution in [3.05, 3.63) is 24.3 Å². The summed E-state index contributed by atoms with van der Waals surface area (Å²) in [6.07, 6.45) is 2.65. The average Bonchev–Trinajstić information content (AvgIpc) is 2.74. The number of amides is 1. The quantitative estimate of drug-likeness (QED) is 0.724. The number of para-hydroxylation sites is 2. The highest BCUT2D eigenvalue weighted by atomic mass is 35.5. The van der Waals surface area contributed by atoms with Crippen molar-refractivity contribution >= 4 is 24.0 Å². The van der Waals surface area contributed by atoms with Crippen molar-refractivity contribution in [2.75, 3.05) is 11.9 Å². The van der Waals surface area contributed by atoms with Crippen molar-refractivity contribution < 1.29 is 9.90 Å². The monoisotopic (exact) mass is 256 g/mol. The molecule has 5 heteroatoms. The van der Waals surface area contributed by atoms with Crippen molar-refractivity contribution in [1.29, 1.82) is 0 Å². The number of anilines is 1. The highest BCUT2D eigenvalue weighted by Crippen LogP contribution is 2.22. The normalized spacial score (nSPS) is 18.5. The highest BCUT2D eigenvalue weighted by molar-refractivity contribution is 5.92. The van der Waals surface area contributed by atoms with Crippen LogP contribution in [-0.2, 0) is 4.79 Å². The van der Waals surface area contributed by atoms with Crippen LogP contribution in [0.3, 0.4) is 0 Å². The van der Waals surface area contributed by atoms with Gasteiger partial charge in [-0.1, -0.05) is 12.1 Å². The topological polar surface area (TPSA) is 61.4 Å². The van der Waals surface area contributed by atoms with E-state index in [2.05, 4.69) is 10.6 Å². The zero-order valence-electron chi connectivity index (χ0n) is 9.48. The zero-order chi connectivity index (χ0) is 11.4. The van der Waals surface area contributed by atoms with Gasteiger partial charge in [0.15, 0.2) is 0 Å². The second-order valence-electron chi connectivity index (χ2n) is 4.06. The SMILES string of the molecule is Cl.O=C(CC1CCCN1)Nc1ccccc1O. The van der Waals surface area contributed by atoms with Crippen LogP contribution < -0.4 is 10.6 Å². The summed E-state index contributed by atoms with van der Waals surface area (Å²) in [5.74, 6) is 0.0520. The molecule has 4 nitrogen and oxygen atoms in total. The highest BCUT2D eigenvalue weighted by Gasteiger charge is 2.17. The molecule has 1 saturated heterocycles. The van der Waals surface area contributed by atoms with Gasteiger partial charge in [0.05, 0.1) is 5.69 Å². The minimum atomic E-state index is -0.0547. The molecule has 1 atom stereocenters. The first-order valence-corrected chi connectivity index (χ1v) is 5.57. The van der Waals surface area contributed by atoms with Gasteiger partial charge in [-0.25, -0.2) is 0 Å². The predicted molar refractivity (Wildman–Crippen MR) is 69.6 cm³/mol. The van der Waals surface area contributed by atoms with Gasteiger partial charge in [-0.05, 0) is 31.5 Å². The molecule has 0 aliphatic carbocycles. The Morgan fingerprint density at radius 1 is 1.47 bits per heavy atom. The fourth-order valence-electron chi connectivity index (χ4n) is 1.94. The summed E-state index contributed by atoms with van der Waals surface area (Å²) in [4.78, 5) is 11.7. The van der Waals surface area contributed by atoms with Crippen LogP contribution in [0.2, 0.25) is 0 Å². The van der Waals surface area contributed by atoms with Crippen molar-refractivity contribution in [2.45, 2.75) is 25.3 Å². The Labute approximate surface area is 107 Å². The lowest BCUT2D eigenvalue weighted by Gasteiger charge is -2.11. The van der Waals surface area contributed by atoms with E-state index in [1.54, 1.807) is 24.3 Å². The predicted octanol–water partition coefficient (Wildman–Crippen LogP) is 1.89. The summed E-state index contributed by atoms with van der Waals surface area (Å²) in [5, 5.41) is 15.5. The van der Waals surface area contributed by atoms with Gasteiger partial charge in [0.25, 0.3) is 0 Å². The molecule has 17 heavy (non-hydrogen) atoms. The maximum absolute atomic E-state index is 11.7. The second-order valence-corrected chi connectivity index (χ2v) is 4.06. The Balaban J connectivity index is 0.00000144. The Bertz CT molecular complexity index is 379. The number of hydrogen-bond acceptors (Lipinski definition) is 3. The van der Waals surface area contributed by atoms with Gasteiger partial charge < -0.3 is 15.7 Å². The van der Waals surface area contributed by atoms with Gasteiger partial charge in [0.2, 0.25) is 5.91 Å². The summed E-state index contributed by atoms with van der Waals surface area (Å²) in [6.45, 7) is 0.995. The van der Waals surface area contributed by atoms with E-state index in [-0.39, 0.29) is 30.1 Å². The average molecular weight is 257 g/mol. The molecule has 1 fully saturated rings. The molecule has 0 bridgehead atoms. The van der Waals surface area contributed by atoms with E-state index < -0.39 is 0 Å². The van der Waals surface area contributed by atoms with E-state index >= 15 is 0 Å². The molecule has 3 N–H and O–H groups in total. The van der Waals surface area contributed by atoms with E-state index in [4.69, 9.17) is 0 Å². The molecule has 1 heterocycles. The summed E-state index contributed by atoms with van der Waals surface area (Å²) in [6, 6.07) is 7.04. The molecule has 1 aliphatic rings. The summed E-state index contributed by atoms with van der Waals surface area (Å²) >= 11 is 0. The van der Waals surface area contributed by atoms with Crippen LogP contribution >= 0.6 is 12.4 Å². The molecule has 0 spiro atoms. The number of rotatable bonds is 3. The number of aromatic hydroxyl groups is 1. The maximum atomic E-state index is 11.7. The minimum Gasteiger partial charge on any atom is -0.506 e. The molecule has 0 saturated carbocycles. The number of halogens is 1. The third-order valence-corrected chi connectivity index (χ3v) is 2.77. The number of carbonyl (C=O) groups excluding carboxylic acids is 1. The van der Waals surface area contributed by atoms with Crippen LogP contribution in [-0.4, -0.2) is 23.6 Å². The summed E-state index contributed by atoms with van der Waals surface area (Å²) in [5.41, 5.74) is 0.477. The molecule has 2 rings (SSSR count). The second kappa shape index (κ2) is 6.47. The van der Waals surface area contributed by atoms with Gasteiger partial charge in [-0.2, -0.15) is 0 Å². The van der Waals surface area contributed by atoms with Crippen LogP contribution in [0.4, 0.5) is 5.69 Å². The Morgan fingerprint density at radius 3 is 2.88 bits per heavy atom. The lowest BCUT2D eigenvalue weighted by Crippen LogP contribution is -2.27. The van der Waals surface area contributed by atoms with Crippen LogP contribution in [0, 0.1) is 0 Å². The van der Waals surface area contributed by atoms with Crippen molar-refractivity contribution in [3.8, 4) is 5.75 Å². The van der Waals surface area contributed by atoms with Crippen molar-refractivity contribution in [2.24, 2.45) is 0 Å². The molecule has 94 valence electrons.